The molecule has 0 heterocycles. The van der Waals surface area contributed by atoms with E-state index < -0.39 is 10.0 Å². The smallest absolute Gasteiger partial charge is 0.215 e. The summed E-state index contributed by atoms with van der Waals surface area (Å²) in [5.74, 6) is 2.74. The molecule has 0 atom stereocenters. The van der Waals surface area contributed by atoms with E-state index in [-0.39, 0.29) is 11.4 Å². The normalized spacial score (nSPS) is 36.7. The van der Waals surface area contributed by atoms with Crippen LogP contribution in [0.25, 0.3) is 0 Å². The Balaban J connectivity index is 1.46. The number of benzene rings is 1. The molecule has 0 amide bonds. The number of sulfonamides is 1. The Labute approximate surface area is 151 Å². The lowest BCUT2D eigenvalue weighted by atomic mass is 9.50. The van der Waals surface area contributed by atoms with Crippen molar-refractivity contribution < 1.29 is 13.2 Å². The fourth-order valence-corrected chi connectivity index (χ4v) is 7.03. The summed E-state index contributed by atoms with van der Waals surface area (Å²) in [5, 5.41) is 0. The summed E-state index contributed by atoms with van der Waals surface area (Å²) in [6, 6.07) is 7.70. The minimum absolute atomic E-state index is 0.0354. The van der Waals surface area contributed by atoms with Crippen molar-refractivity contribution in [3.63, 3.8) is 0 Å². The van der Waals surface area contributed by atoms with Crippen LogP contribution in [0.15, 0.2) is 24.3 Å². The number of hydrogen-bond acceptors (Lipinski definition) is 3. The predicted octanol–water partition coefficient (Wildman–Crippen LogP) is 3.26. The van der Waals surface area contributed by atoms with E-state index in [2.05, 4.69) is 4.72 Å². The molecule has 1 aromatic rings. The summed E-state index contributed by atoms with van der Waals surface area (Å²) in [5.41, 5.74) is 1.67. The summed E-state index contributed by atoms with van der Waals surface area (Å²) in [4.78, 5) is 0. The first-order chi connectivity index (χ1) is 11.9. The number of methoxy groups -OCH3 is 1. The van der Waals surface area contributed by atoms with Gasteiger partial charge in [-0.1, -0.05) is 29.8 Å². The van der Waals surface area contributed by atoms with Gasteiger partial charge in [0.1, 0.15) is 0 Å². The highest BCUT2D eigenvalue weighted by Gasteiger charge is 2.57. The first-order valence-electron chi connectivity index (χ1n) is 9.48. The Morgan fingerprint density at radius 2 is 1.60 bits per heavy atom. The van der Waals surface area contributed by atoms with E-state index in [1.807, 2.05) is 31.2 Å². The van der Waals surface area contributed by atoms with Crippen molar-refractivity contribution >= 4 is 10.0 Å². The topological polar surface area (TPSA) is 55.4 Å². The number of nitrogens with one attached hydrogen (secondary N) is 1. The molecule has 138 valence electrons. The monoisotopic (exact) mass is 363 g/mol. The van der Waals surface area contributed by atoms with Crippen LogP contribution in [0.4, 0.5) is 0 Å². The average Bonchev–Trinajstić information content (AvgIpc) is 2.56. The molecule has 0 aromatic heterocycles. The van der Waals surface area contributed by atoms with Crippen LogP contribution >= 0.6 is 0 Å². The Hall–Kier alpha value is -0.910. The van der Waals surface area contributed by atoms with E-state index in [0.717, 1.165) is 23.0 Å². The molecule has 0 radical (unpaired) electrons. The zero-order valence-electron chi connectivity index (χ0n) is 15.2. The van der Waals surface area contributed by atoms with Crippen LogP contribution in [0.2, 0.25) is 0 Å². The molecule has 0 saturated heterocycles. The van der Waals surface area contributed by atoms with E-state index in [1.54, 1.807) is 7.11 Å². The van der Waals surface area contributed by atoms with Gasteiger partial charge in [0.2, 0.25) is 10.0 Å². The maximum absolute atomic E-state index is 12.6. The summed E-state index contributed by atoms with van der Waals surface area (Å²) in [6.45, 7) is 2.43. The van der Waals surface area contributed by atoms with Gasteiger partial charge in [0, 0.05) is 13.7 Å². The van der Waals surface area contributed by atoms with Gasteiger partial charge in [0.25, 0.3) is 0 Å². The lowest BCUT2D eigenvalue weighted by molar-refractivity contribution is -0.185. The molecule has 25 heavy (non-hydrogen) atoms. The van der Waals surface area contributed by atoms with Gasteiger partial charge >= 0.3 is 0 Å². The molecule has 5 rings (SSSR count). The number of ether oxygens (including phenoxy) is 1. The molecule has 5 heteroatoms. The van der Waals surface area contributed by atoms with Gasteiger partial charge in [-0.05, 0) is 68.3 Å². The predicted molar refractivity (Wildman–Crippen MR) is 98.6 cm³/mol. The number of rotatable bonds is 6. The standard InChI is InChI=1S/C20H29NO3S/c1-14-3-5-15(6-4-14)12-25(22,23)21-13-20(24-2)18-8-16-7-17(10-18)11-19(20)9-16/h3-6,16-19,21H,7-13H2,1-2H3. The zero-order valence-corrected chi connectivity index (χ0v) is 16.0. The molecular formula is C20H29NO3S. The van der Waals surface area contributed by atoms with Gasteiger partial charge in [-0.3, -0.25) is 0 Å². The highest BCUT2D eigenvalue weighted by molar-refractivity contribution is 7.88. The lowest BCUT2D eigenvalue weighted by Gasteiger charge is -2.60. The second kappa shape index (κ2) is 6.36. The van der Waals surface area contributed by atoms with E-state index in [4.69, 9.17) is 4.74 Å². The third-order valence-corrected chi connectivity index (χ3v) is 8.24. The fourth-order valence-electron chi connectivity index (χ4n) is 5.85. The molecule has 1 aromatic carbocycles. The molecule has 4 fully saturated rings. The van der Waals surface area contributed by atoms with Crippen LogP contribution < -0.4 is 4.72 Å². The summed E-state index contributed by atoms with van der Waals surface area (Å²) in [6.07, 6.45) is 6.22. The quantitative estimate of drug-likeness (QED) is 0.844. The molecule has 0 aliphatic heterocycles. The van der Waals surface area contributed by atoms with Crippen LogP contribution in [0.1, 0.15) is 43.2 Å². The molecule has 4 aliphatic carbocycles. The minimum Gasteiger partial charge on any atom is -0.376 e. The summed E-state index contributed by atoms with van der Waals surface area (Å²) >= 11 is 0. The third-order valence-electron chi connectivity index (χ3n) is 6.95. The summed E-state index contributed by atoms with van der Waals surface area (Å²) in [7, 11) is -1.58. The first kappa shape index (κ1) is 17.5. The third kappa shape index (κ3) is 3.26. The van der Waals surface area contributed by atoms with Gasteiger partial charge in [0.15, 0.2) is 0 Å². The number of aryl methyl sites for hydroxylation is 1. The zero-order chi connectivity index (χ0) is 17.7. The van der Waals surface area contributed by atoms with Crippen molar-refractivity contribution in [1.82, 2.24) is 4.72 Å². The van der Waals surface area contributed by atoms with Crippen LogP contribution in [-0.2, 0) is 20.5 Å². The molecule has 4 nitrogen and oxygen atoms in total. The van der Waals surface area contributed by atoms with E-state index >= 15 is 0 Å². The van der Waals surface area contributed by atoms with Gasteiger partial charge in [0.05, 0.1) is 11.4 Å². The van der Waals surface area contributed by atoms with Gasteiger partial charge in [-0.15, -0.1) is 0 Å². The maximum Gasteiger partial charge on any atom is 0.215 e. The molecule has 1 N–H and O–H groups in total. The van der Waals surface area contributed by atoms with Crippen molar-refractivity contribution in [2.45, 2.75) is 50.4 Å². The Bertz CT molecular complexity index is 698. The van der Waals surface area contributed by atoms with Crippen molar-refractivity contribution in [2.75, 3.05) is 13.7 Å². The fraction of sp³-hybridized carbons (Fsp3) is 0.700. The first-order valence-corrected chi connectivity index (χ1v) is 11.1. The largest absolute Gasteiger partial charge is 0.376 e. The average molecular weight is 364 g/mol. The number of hydrogen-bond donors (Lipinski definition) is 1. The molecule has 4 bridgehead atoms. The Morgan fingerprint density at radius 3 is 2.12 bits per heavy atom. The van der Waals surface area contributed by atoms with Crippen LogP contribution in [0, 0.1) is 30.6 Å². The van der Waals surface area contributed by atoms with Crippen molar-refractivity contribution in [3.05, 3.63) is 35.4 Å². The van der Waals surface area contributed by atoms with Crippen LogP contribution in [0.3, 0.4) is 0 Å². The van der Waals surface area contributed by atoms with E-state index in [1.165, 1.54) is 32.1 Å². The van der Waals surface area contributed by atoms with Crippen LogP contribution in [0.5, 0.6) is 0 Å². The molecule has 0 spiro atoms. The molecular weight excluding hydrogens is 334 g/mol. The highest BCUT2D eigenvalue weighted by atomic mass is 32.2. The highest BCUT2D eigenvalue weighted by Crippen LogP contribution is 2.59. The van der Waals surface area contributed by atoms with Crippen LogP contribution in [-0.4, -0.2) is 27.7 Å². The second-order valence-electron chi connectivity index (χ2n) is 8.53. The maximum atomic E-state index is 12.6. The van der Waals surface area contributed by atoms with Crippen molar-refractivity contribution in [3.8, 4) is 0 Å². The van der Waals surface area contributed by atoms with E-state index in [9.17, 15) is 8.42 Å². The van der Waals surface area contributed by atoms with Crippen molar-refractivity contribution in [1.29, 1.82) is 0 Å². The minimum atomic E-state index is -3.36. The molecule has 4 aliphatic rings. The Kier molecular flexibility index (Phi) is 4.45. The second-order valence-corrected chi connectivity index (χ2v) is 10.3. The SMILES string of the molecule is COC1(CNS(=O)(=O)Cc2ccc(C)cc2)C2CC3CC(C2)CC1C3. The van der Waals surface area contributed by atoms with Gasteiger partial charge < -0.3 is 4.74 Å². The van der Waals surface area contributed by atoms with E-state index in [0.29, 0.717) is 18.4 Å². The Morgan fingerprint density at radius 1 is 1.04 bits per heavy atom. The lowest BCUT2D eigenvalue weighted by Crippen LogP contribution is -2.63. The van der Waals surface area contributed by atoms with Gasteiger partial charge in [-0.25, -0.2) is 13.1 Å². The molecule has 4 saturated carbocycles. The molecule has 0 unspecified atom stereocenters. The van der Waals surface area contributed by atoms with Crippen molar-refractivity contribution in [2.24, 2.45) is 23.7 Å². The van der Waals surface area contributed by atoms with Gasteiger partial charge in [-0.2, -0.15) is 0 Å². The summed E-state index contributed by atoms with van der Waals surface area (Å²) < 4.78 is 34.2.